The van der Waals surface area contributed by atoms with Crippen LogP contribution in [0.1, 0.15) is 32.9 Å². The molecule has 2 N–H and O–H groups in total. The van der Waals surface area contributed by atoms with Crippen LogP contribution in [-0.2, 0) is 19.5 Å². The standard InChI is InChI=1S/C14H16N4O2/c1-9-12(7-18-20-9)6-17-14(19)11-4-10-2-3-15-8-13(10)16-5-11/h4-5,7,15H,2-3,6,8H2,1H3,(H,17,19). The minimum Gasteiger partial charge on any atom is -0.361 e. The molecule has 0 unspecified atom stereocenters. The van der Waals surface area contributed by atoms with Crippen LogP contribution in [0.5, 0.6) is 0 Å². The van der Waals surface area contributed by atoms with Gasteiger partial charge in [0, 0.05) is 24.8 Å². The van der Waals surface area contributed by atoms with Gasteiger partial charge in [0.1, 0.15) is 5.76 Å². The van der Waals surface area contributed by atoms with Crippen LogP contribution < -0.4 is 10.6 Å². The molecule has 0 aromatic carbocycles. The molecule has 104 valence electrons. The SMILES string of the molecule is Cc1oncc1CNC(=O)c1cnc2c(c1)CCNC2. The van der Waals surface area contributed by atoms with Gasteiger partial charge in [-0.15, -0.1) is 0 Å². The molecular weight excluding hydrogens is 256 g/mol. The Morgan fingerprint density at radius 3 is 3.20 bits per heavy atom. The zero-order chi connectivity index (χ0) is 13.9. The van der Waals surface area contributed by atoms with Crippen molar-refractivity contribution in [2.75, 3.05) is 6.54 Å². The van der Waals surface area contributed by atoms with Gasteiger partial charge in [-0.1, -0.05) is 5.16 Å². The topological polar surface area (TPSA) is 80.1 Å². The largest absolute Gasteiger partial charge is 0.361 e. The summed E-state index contributed by atoms with van der Waals surface area (Å²) in [5.74, 6) is 0.597. The van der Waals surface area contributed by atoms with Gasteiger partial charge in [0.2, 0.25) is 0 Å². The van der Waals surface area contributed by atoms with Crippen LogP contribution in [0.3, 0.4) is 0 Å². The number of amides is 1. The first-order valence-corrected chi connectivity index (χ1v) is 6.61. The predicted octanol–water partition coefficient (Wildman–Crippen LogP) is 0.954. The van der Waals surface area contributed by atoms with E-state index >= 15 is 0 Å². The highest BCUT2D eigenvalue weighted by Crippen LogP contribution is 2.13. The quantitative estimate of drug-likeness (QED) is 0.869. The first kappa shape index (κ1) is 12.8. The average molecular weight is 272 g/mol. The fourth-order valence-electron chi connectivity index (χ4n) is 2.23. The average Bonchev–Trinajstić information content (AvgIpc) is 2.89. The molecule has 0 spiro atoms. The van der Waals surface area contributed by atoms with Crippen LogP contribution in [-0.4, -0.2) is 22.6 Å². The van der Waals surface area contributed by atoms with E-state index in [2.05, 4.69) is 20.8 Å². The molecular formula is C14H16N4O2. The maximum atomic E-state index is 12.1. The lowest BCUT2D eigenvalue weighted by Crippen LogP contribution is -2.27. The molecule has 1 amide bonds. The fraction of sp³-hybridized carbons (Fsp3) is 0.357. The molecule has 6 heteroatoms. The molecule has 0 aliphatic carbocycles. The number of rotatable bonds is 3. The first-order chi connectivity index (χ1) is 9.74. The predicted molar refractivity (Wildman–Crippen MR) is 72.1 cm³/mol. The first-order valence-electron chi connectivity index (χ1n) is 6.61. The molecule has 3 rings (SSSR count). The van der Waals surface area contributed by atoms with Crippen LogP contribution in [0.2, 0.25) is 0 Å². The van der Waals surface area contributed by atoms with Crippen LogP contribution >= 0.6 is 0 Å². The van der Waals surface area contributed by atoms with Gasteiger partial charge in [-0.2, -0.15) is 0 Å². The number of carbonyl (C=O) groups excluding carboxylic acids is 1. The van der Waals surface area contributed by atoms with Crippen molar-refractivity contribution in [3.63, 3.8) is 0 Å². The van der Waals surface area contributed by atoms with Crippen molar-refractivity contribution >= 4 is 5.91 Å². The van der Waals surface area contributed by atoms with Gasteiger partial charge >= 0.3 is 0 Å². The Balaban J connectivity index is 1.69. The molecule has 0 bridgehead atoms. The molecule has 0 radical (unpaired) electrons. The molecule has 20 heavy (non-hydrogen) atoms. The van der Waals surface area contributed by atoms with E-state index in [0.29, 0.717) is 12.1 Å². The summed E-state index contributed by atoms with van der Waals surface area (Å²) in [5, 5.41) is 9.80. The van der Waals surface area contributed by atoms with Crippen LogP contribution in [0.4, 0.5) is 0 Å². The third-order valence-corrected chi connectivity index (χ3v) is 3.48. The lowest BCUT2D eigenvalue weighted by molar-refractivity contribution is 0.0950. The molecule has 0 fully saturated rings. The van der Waals surface area contributed by atoms with E-state index in [0.717, 1.165) is 42.1 Å². The minimum atomic E-state index is -0.126. The molecule has 0 atom stereocenters. The van der Waals surface area contributed by atoms with Gasteiger partial charge in [0.15, 0.2) is 0 Å². The van der Waals surface area contributed by atoms with Crippen molar-refractivity contribution in [1.82, 2.24) is 20.8 Å². The van der Waals surface area contributed by atoms with Crippen molar-refractivity contribution in [1.29, 1.82) is 0 Å². The highest BCUT2D eigenvalue weighted by molar-refractivity contribution is 5.94. The highest BCUT2D eigenvalue weighted by Gasteiger charge is 2.14. The van der Waals surface area contributed by atoms with Crippen molar-refractivity contribution in [2.24, 2.45) is 0 Å². The maximum Gasteiger partial charge on any atom is 0.253 e. The van der Waals surface area contributed by atoms with E-state index in [4.69, 9.17) is 4.52 Å². The zero-order valence-electron chi connectivity index (χ0n) is 11.3. The minimum absolute atomic E-state index is 0.126. The van der Waals surface area contributed by atoms with Crippen LogP contribution in [0.15, 0.2) is 23.0 Å². The number of nitrogens with zero attached hydrogens (tertiary/aromatic N) is 2. The molecule has 6 nitrogen and oxygen atoms in total. The molecule has 3 heterocycles. The Hall–Kier alpha value is -2.21. The molecule has 2 aromatic rings. The monoisotopic (exact) mass is 272 g/mol. The second kappa shape index (κ2) is 5.42. The summed E-state index contributed by atoms with van der Waals surface area (Å²) < 4.78 is 4.96. The number of aromatic nitrogens is 2. The Labute approximate surface area is 116 Å². The van der Waals surface area contributed by atoms with Gasteiger partial charge in [0.25, 0.3) is 5.91 Å². The lowest BCUT2D eigenvalue weighted by Gasteiger charge is -2.16. The number of pyridine rings is 1. The number of aryl methyl sites for hydroxylation is 1. The van der Waals surface area contributed by atoms with Crippen molar-refractivity contribution in [3.05, 3.63) is 46.6 Å². The van der Waals surface area contributed by atoms with Gasteiger partial charge in [-0.05, 0) is 31.5 Å². The van der Waals surface area contributed by atoms with E-state index in [1.807, 2.05) is 13.0 Å². The van der Waals surface area contributed by atoms with E-state index in [-0.39, 0.29) is 5.91 Å². The number of fused-ring (bicyclic) bond motifs is 1. The lowest BCUT2D eigenvalue weighted by atomic mass is 10.0. The summed E-state index contributed by atoms with van der Waals surface area (Å²) in [5.41, 5.74) is 3.66. The molecule has 0 saturated carbocycles. The maximum absolute atomic E-state index is 12.1. The normalized spacial score (nSPS) is 13.8. The summed E-state index contributed by atoms with van der Waals surface area (Å²) in [6.45, 7) is 3.94. The van der Waals surface area contributed by atoms with Crippen LogP contribution in [0, 0.1) is 6.92 Å². The summed E-state index contributed by atoms with van der Waals surface area (Å²) in [6, 6.07) is 1.93. The van der Waals surface area contributed by atoms with Crippen LogP contribution in [0.25, 0.3) is 0 Å². The summed E-state index contributed by atoms with van der Waals surface area (Å²) >= 11 is 0. The summed E-state index contributed by atoms with van der Waals surface area (Å²) in [7, 11) is 0. The third kappa shape index (κ3) is 2.55. The van der Waals surface area contributed by atoms with E-state index < -0.39 is 0 Å². The Kier molecular flexibility index (Phi) is 3.47. The fourth-order valence-corrected chi connectivity index (χ4v) is 2.23. The molecule has 1 aliphatic heterocycles. The summed E-state index contributed by atoms with van der Waals surface area (Å²) in [6.07, 6.45) is 4.16. The second-order valence-electron chi connectivity index (χ2n) is 4.85. The highest BCUT2D eigenvalue weighted by atomic mass is 16.5. The Bertz CT molecular complexity index is 636. The Morgan fingerprint density at radius 1 is 1.50 bits per heavy atom. The van der Waals surface area contributed by atoms with Crippen molar-refractivity contribution in [2.45, 2.75) is 26.4 Å². The Morgan fingerprint density at radius 2 is 2.40 bits per heavy atom. The molecule has 2 aromatic heterocycles. The van der Waals surface area contributed by atoms with Crippen molar-refractivity contribution < 1.29 is 9.32 Å². The second-order valence-corrected chi connectivity index (χ2v) is 4.85. The van der Waals surface area contributed by atoms with Gasteiger partial charge in [0.05, 0.1) is 17.5 Å². The van der Waals surface area contributed by atoms with E-state index in [1.165, 1.54) is 0 Å². The van der Waals surface area contributed by atoms with E-state index in [1.54, 1.807) is 12.4 Å². The van der Waals surface area contributed by atoms with Gasteiger partial charge in [-0.3, -0.25) is 9.78 Å². The molecule has 0 saturated heterocycles. The van der Waals surface area contributed by atoms with E-state index in [9.17, 15) is 4.79 Å². The third-order valence-electron chi connectivity index (χ3n) is 3.48. The van der Waals surface area contributed by atoms with Gasteiger partial charge < -0.3 is 15.2 Å². The van der Waals surface area contributed by atoms with Crippen molar-refractivity contribution in [3.8, 4) is 0 Å². The molecule has 1 aliphatic rings. The number of hydrogen-bond donors (Lipinski definition) is 2. The smallest absolute Gasteiger partial charge is 0.253 e. The summed E-state index contributed by atoms with van der Waals surface area (Å²) in [4.78, 5) is 16.5. The number of nitrogens with one attached hydrogen (secondary N) is 2. The number of carbonyl (C=O) groups is 1. The number of hydrogen-bond acceptors (Lipinski definition) is 5. The van der Waals surface area contributed by atoms with Gasteiger partial charge in [-0.25, -0.2) is 0 Å². The zero-order valence-corrected chi connectivity index (χ0v) is 11.3.